The lowest BCUT2D eigenvalue weighted by Crippen LogP contribution is -2.55. The molecular weight excluding hydrogens is 565 g/mol. The number of hydrogen-bond acceptors (Lipinski definition) is 5. The zero-order valence-electron chi connectivity index (χ0n) is 25.2. The van der Waals surface area contributed by atoms with Crippen LogP contribution < -0.4 is 10.2 Å². The van der Waals surface area contributed by atoms with Gasteiger partial charge in [0, 0.05) is 73.6 Å². The van der Waals surface area contributed by atoms with Gasteiger partial charge in [-0.15, -0.1) is 0 Å². The van der Waals surface area contributed by atoms with Crippen molar-refractivity contribution in [3.05, 3.63) is 83.2 Å². The summed E-state index contributed by atoms with van der Waals surface area (Å²) in [7, 11) is 1.60. The van der Waals surface area contributed by atoms with E-state index in [0.717, 1.165) is 81.2 Å². The van der Waals surface area contributed by atoms with Crippen LogP contribution >= 0.6 is 11.6 Å². The van der Waals surface area contributed by atoms with Gasteiger partial charge in [0.1, 0.15) is 17.7 Å². The van der Waals surface area contributed by atoms with E-state index in [1.54, 1.807) is 13.1 Å². The molecule has 6 rings (SSSR count). The number of ether oxygens (including phenoxy) is 1. The molecule has 7 nitrogen and oxygen atoms in total. The molecule has 0 bridgehead atoms. The van der Waals surface area contributed by atoms with Gasteiger partial charge in [0.25, 0.3) is 0 Å². The van der Waals surface area contributed by atoms with E-state index in [-0.39, 0.29) is 17.8 Å². The van der Waals surface area contributed by atoms with Crippen molar-refractivity contribution in [1.29, 1.82) is 0 Å². The molecule has 3 heterocycles. The first-order valence-corrected chi connectivity index (χ1v) is 16.1. The molecule has 0 spiro atoms. The number of alkyl carbamates (subject to hydrolysis) is 1. The van der Waals surface area contributed by atoms with Crippen molar-refractivity contribution < 1.29 is 13.9 Å². The number of hydrogen-bond donors (Lipinski definition) is 1. The lowest BCUT2D eigenvalue weighted by molar-refractivity contribution is 0.00168. The van der Waals surface area contributed by atoms with Gasteiger partial charge in [-0.25, -0.2) is 14.2 Å². The minimum atomic E-state index is -0.406. The summed E-state index contributed by atoms with van der Waals surface area (Å²) in [6.07, 6.45) is 8.03. The average Bonchev–Trinajstić information content (AvgIpc) is 3.63. The van der Waals surface area contributed by atoms with Crippen molar-refractivity contribution >= 4 is 23.4 Å². The number of anilines is 1. The second-order valence-corrected chi connectivity index (χ2v) is 13.1. The molecule has 0 radical (unpaired) electrons. The molecule has 9 heteroatoms. The average molecular weight is 608 g/mol. The highest BCUT2D eigenvalue weighted by atomic mass is 35.5. The zero-order valence-corrected chi connectivity index (χ0v) is 26.0. The maximum Gasteiger partial charge on any atom is 0.407 e. The predicted octanol–water partition coefficient (Wildman–Crippen LogP) is 6.30. The van der Waals surface area contributed by atoms with Gasteiger partial charge in [-0.3, -0.25) is 0 Å². The van der Waals surface area contributed by atoms with Crippen LogP contribution in [0.25, 0.3) is 0 Å². The summed E-state index contributed by atoms with van der Waals surface area (Å²) in [5, 5.41) is 3.41. The monoisotopic (exact) mass is 607 g/mol. The molecule has 2 saturated heterocycles. The number of rotatable bonds is 9. The maximum atomic E-state index is 15.0. The van der Waals surface area contributed by atoms with Gasteiger partial charge < -0.3 is 24.4 Å². The van der Waals surface area contributed by atoms with Crippen LogP contribution in [0.1, 0.15) is 43.5 Å². The first-order valence-electron chi connectivity index (χ1n) is 15.7. The van der Waals surface area contributed by atoms with Crippen molar-refractivity contribution in [2.24, 2.45) is 17.8 Å². The lowest BCUT2D eigenvalue weighted by atomic mass is 9.58. The Balaban J connectivity index is 1.24. The largest absolute Gasteiger partial charge is 0.446 e. The van der Waals surface area contributed by atoms with Gasteiger partial charge in [0.2, 0.25) is 0 Å². The van der Waals surface area contributed by atoms with Gasteiger partial charge in [-0.05, 0) is 100.0 Å². The summed E-state index contributed by atoms with van der Waals surface area (Å²) in [5.41, 5.74) is 1.84. The molecular formula is C34H43ClFN5O2. The molecule has 43 heavy (non-hydrogen) atoms. The Hall–Kier alpha value is -3.10. The Morgan fingerprint density at radius 3 is 2.56 bits per heavy atom. The van der Waals surface area contributed by atoms with Crippen LogP contribution in [0, 0.1) is 30.5 Å². The van der Waals surface area contributed by atoms with E-state index in [1.807, 2.05) is 37.5 Å². The predicted molar refractivity (Wildman–Crippen MR) is 168 cm³/mol. The molecule has 230 valence electrons. The Kier molecular flexibility index (Phi) is 8.96. The second-order valence-electron chi connectivity index (χ2n) is 12.7. The number of likely N-dealkylation sites (tertiary alicyclic amines) is 1. The van der Waals surface area contributed by atoms with Crippen LogP contribution in [0.5, 0.6) is 0 Å². The molecule has 1 N–H and O–H groups in total. The molecule has 2 aliphatic heterocycles. The summed E-state index contributed by atoms with van der Waals surface area (Å²) in [4.78, 5) is 22.0. The number of imidazole rings is 1. The smallest absolute Gasteiger partial charge is 0.407 e. The van der Waals surface area contributed by atoms with E-state index < -0.39 is 11.5 Å². The van der Waals surface area contributed by atoms with Crippen LogP contribution in [-0.2, 0) is 16.7 Å². The topological polar surface area (TPSA) is 62.6 Å². The van der Waals surface area contributed by atoms with Crippen molar-refractivity contribution in [2.75, 3.05) is 44.7 Å². The third kappa shape index (κ3) is 6.27. The Labute approximate surface area is 259 Å². The molecule has 3 aromatic rings. The molecule has 1 saturated carbocycles. The Bertz CT molecular complexity index is 1390. The van der Waals surface area contributed by atoms with Crippen molar-refractivity contribution in [1.82, 2.24) is 19.8 Å². The molecule has 1 amide bonds. The third-order valence-corrected chi connectivity index (χ3v) is 10.5. The number of piperidine rings is 1. The number of aromatic nitrogens is 2. The van der Waals surface area contributed by atoms with E-state index in [1.165, 1.54) is 11.8 Å². The van der Waals surface area contributed by atoms with E-state index in [4.69, 9.17) is 16.3 Å². The zero-order chi connectivity index (χ0) is 30.0. The molecule has 1 aliphatic carbocycles. The number of amides is 1. The molecule has 3 fully saturated rings. The summed E-state index contributed by atoms with van der Waals surface area (Å²) < 4.78 is 23.2. The highest BCUT2D eigenvalue weighted by molar-refractivity contribution is 6.30. The van der Waals surface area contributed by atoms with Gasteiger partial charge in [0.15, 0.2) is 0 Å². The van der Waals surface area contributed by atoms with E-state index >= 15 is 0 Å². The summed E-state index contributed by atoms with van der Waals surface area (Å²) >= 11 is 6.08. The number of carbonyl (C=O) groups excluding carboxylic acids is 1. The van der Waals surface area contributed by atoms with Crippen LogP contribution in [0.4, 0.5) is 14.9 Å². The van der Waals surface area contributed by atoms with Crippen molar-refractivity contribution in [2.45, 2.75) is 57.1 Å². The quantitative estimate of drug-likeness (QED) is 0.310. The molecule has 3 aliphatic rings. The third-order valence-electron chi connectivity index (χ3n) is 10.3. The fourth-order valence-corrected chi connectivity index (χ4v) is 8.24. The number of carbonyl (C=O) groups is 1. The molecule has 2 aromatic carbocycles. The van der Waals surface area contributed by atoms with E-state index in [2.05, 4.69) is 42.9 Å². The van der Waals surface area contributed by atoms with Crippen LogP contribution in [-0.4, -0.2) is 66.4 Å². The second kappa shape index (κ2) is 12.9. The fourth-order valence-electron chi connectivity index (χ4n) is 8.12. The van der Waals surface area contributed by atoms with E-state index in [0.29, 0.717) is 18.4 Å². The first-order chi connectivity index (χ1) is 20.9. The number of aryl methyl sites for hydroxylation is 1. The maximum absolute atomic E-state index is 15.0. The van der Waals surface area contributed by atoms with Crippen LogP contribution in [0.15, 0.2) is 60.9 Å². The number of benzene rings is 2. The summed E-state index contributed by atoms with van der Waals surface area (Å²) in [6.45, 7) is 7.95. The number of halogens is 2. The fraction of sp³-hybridized carbons (Fsp3) is 0.529. The number of nitrogens with one attached hydrogen (secondary N) is 1. The van der Waals surface area contributed by atoms with Gasteiger partial charge in [-0.2, -0.15) is 0 Å². The standard InChI is InChI=1S/C34H43ClFN5O2/c1-24-38-15-18-40(24)23-34(27-5-3-6-29(36)19-27,31-7-4-8-32(31)43-33(42)37-2)26-13-16-39(17-14-26)20-25-21-41(22-25)30-11-9-28(35)10-12-30/h3,5-6,9-12,15,18-19,25-26,31-32H,4,7-8,13-14,16-17,20-23H2,1-2H3,(H,37,42)/t31-,32-,34?/m1/s1. The van der Waals surface area contributed by atoms with Crippen LogP contribution in [0.2, 0.25) is 5.02 Å². The van der Waals surface area contributed by atoms with Gasteiger partial charge >= 0.3 is 6.09 Å². The molecule has 1 aromatic heterocycles. The summed E-state index contributed by atoms with van der Waals surface area (Å²) in [5.74, 6) is 1.74. The SMILES string of the molecule is CNC(=O)O[C@@H]1CCC[C@H]1C(Cn1ccnc1C)(c1cccc(F)c1)C1CCN(CC2CN(c3ccc(Cl)cc3)C2)CC1. The van der Waals surface area contributed by atoms with Crippen molar-refractivity contribution in [3.8, 4) is 0 Å². The minimum Gasteiger partial charge on any atom is -0.446 e. The Morgan fingerprint density at radius 1 is 1.12 bits per heavy atom. The highest BCUT2D eigenvalue weighted by Crippen LogP contribution is 2.52. The molecule has 3 atom stereocenters. The van der Waals surface area contributed by atoms with E-state index in [9.17, 15) is 9.18 Å². The first kappa shape index (κ1) is 29.9. The van der Waals surface area contributed by atoms with Crippen molar-refractivity contribution in [3.63, 3.8) is 0 Å². The van der Waals surface area contributed by atoms with Gasteiger partial charge in [0.05, 0.1) is 0 Å². The Morgan fingerprint density at radius 2 is 1.88 bits per heavy atom. The minimum absolute atomic E-state index is 0.0736. The lowest BCUT2D eigenvalue weighted by Gasteiger charge is -2.51. The van der Waals surface area contributed by atoms with Gasteiger partial charge in [-0.1, -0.05) is 23.7 Å². The normalized spacial score (nSPS) is 23.1. The summed E-state index contributed by atoms with van der Waals surface area (Å²) in [6, 6.07) is 15.3. The number of nitrogens with zero attached hydrogens (tertiary/aromatic N) is 4. The highest BCUT2D eigenvalue weighted by Gasteiger charge is 2.53. The van der Waals surface area contributed by atoms with Crippen LogP contribution in [0.3, 0.4) is 0 Å². The molecule has 1 unspecified atom stereocenters.